The number of nitrogens with zero attached hydrogens (tertiary/aromatic N) is 4. The lowest BCUT2D eigenvalue weighted by atomic mass is 10.3. The number of anilines is 2. The summed E-state index contributed by atoms with van der Waals surface area (Å²) in [6.07, 6.45) is 3.10. The molecule has 1 N–H and O–H groups in total. The van der Waals surface area contributed by atoms with Crippen LogP contribution in [0.15, 0.2) is 63.8 Å². The molecule has 3 heterocycles. The van der Waals surface area contributed by atoms with Gasteiger partial charge < -0.3 is 14.6 Å². The third kappa shape index (κ3) is 5.22. The van der Waals surface area contributed by atoms with E-state index in [-0.39, 0.29) is 12.4 Å². The lowest BCUT2D eigenvalue weighted by Crippen LogP contribution is -1.98. The number of halogens is 1. The van der Waals surface area contributed by atoms with Gasteiger partial charge in [-0.05, 0) is 25.1 Å². The Labute approximate surface area is 176 Å². The van der Waals surface area contributed by atoms with Crippen molar-refractivity contribution in [3.05, 3.63) is 65.9 Å². The van der Waals surface area contributed by atoms with E-state index in [2.05, 4.69) is 25.4 Å². The van der Waals surface area contributed by atoms with E-state index in [1.54, 1.807) is 18.0 Å². The summed E-state index contributed by atoms with van der Waals surface area (Å²) in [4.78, 5) is 13.9. The molecule has 144 valence electrons. The molecule has 0 unspecified atom stereocenters. The van der Waals surface area contributed by atoms with E-state index < -0.39 is 0 Å². The molecule has 0 aliphatic carbocycles. The van der Waals surface area contributed by atoms with Gasteiger partial charge in [-0.15, -0.1) is 35.5 Å². The third-order valence-corrected chi connectivity index (χ3v) is 5.25. The maximum Gasteiger partial charge on any atom is 0.213 e. The summed E-state index contributed by atoms with van der Waals surface area (Å²) >= 11 is 3.08. The van der Waals surface area contributed by atoms with Crippen LogP contribution in [0.2, 0.25) is 0 Å². The maximum atomic E-state index is 6.05. The molecule has 28 heavy (non-hydrogen) atoms. The van der Waals surface area contributed by atoms with Gasteiger partial charge in [0.15, 0.2) is 22.5 Å². The van der Waals surface area contributed by atoms with Gasteiger partial charge in [0.2, 0.25) is 6.39 Å². The Bertz CT molecular complexity index is 1010. The molecule has 0 radical (unpaired) electrons. The first-order chi connectivity index (χ1) is 13.3. The highest BCUT2D eigenvalue weighted by Crippen LogP contribution is 2.34. The first-order valence-electron chi connectivity index (χ1n) is 8.06. The second kappa shape index (κ2) is 9.54. The summed E-state index contributed by atoms with van der Waals surface area (Å²) in [6.45, 7) is 1.95. The molecule has 4 aromatic rings. The Balaban J connectivity index is 0.00000225. The van der Waals surface area contributed by atoms with Crippen LogP contribution in [-0.2, 0) is 5.75 Å². The van der Waals surface area contributed by atoms with Crippen LogP contribution < -0.4 is 10.1 Å². The number of nitrogens with one attached hydrogen (secondary N) is 1. The van der Waals surface area contributed by atoms with Gasteiger partial charge in [-0.1, -0.05) is 23.4 Å². The van der Waals surface area contributed by atoms with Gasteiger partial charge in [-0.3, -0.25) is 0 Å². The molecule has 10 heteroatoms. The highest BCUT2D eigenvalue weighted by atomic mass is 35.5. The zero-order valence-corrected chi connectivity index (χ0v) is 17.2. The fourth-order valence-electron chi connectivity index (χ4n) is 2.21. The number of benzene rings is 1. The Morgan fingerprint density at radius 1 is 1.21 bits per heavy atom. The van der Waals surface area contributed by atoms with Crippen LogP contribution in [0.3, 0.4) is 0 Å². The van der Waals surface area contributed by atoms with Crippen molar-refractivity contribution < 1.29 is 9.26 Å². The Morgan fingerprint density at radius 2 is 2.07 bits per heavy atom. The van der Waals surface area contributed by atoms with Crippen molar-refractivity contribution in [3.8, 4) is 11.5 Å². The zero-order valence-electron chi connectivity index (χ0n) is 14.7. The van der Waals surface area contributed by atoms with Crippen molar-refractivity contribution >= 4 is 46.5 Å². The SMILES string of the molecule is Cc1csc(Nc2ncc(SCc3ncon3)cc2Oc2ccccc2)n1.Cl. The molecule has 0 saturated carbocycles. The average molecular weight is 434 g/mol. The van der Waals surface area contributed by atoms with Crippen LogP contribution in [0, 0.1) is 6.92 Å². The minimum atomic E-state index is 0. The monoisotopic (exact) mass is 433 g/mol. The Morgan fingerprint density at radius 3 is 2.79 bits per heavy atom. The van der Waals surface area contributed by atoms with Crippen LogP contribution in [0.25, 0.3) is 0 Å². The molecular weight excluding hydrogens is 418 g/mol. The highest BCUT2D eigenvalue weighted by molar-refractivity contribution is 7.98. The molecule has 0 bridgehead atoms. The molecule has 0 aliphatic rings. The molecule has 0 saturated heterocycles. The van der Waals surface area contributed by atoms with Crippen molar-refractivity contribution in [3.63, 3.8) is 0 Å². The number of thioether (sulfide) groups is 1. The summed E-state index contributed by atoms with van der Waals surface area (Å²) in [7, 11) is 0. The molecule has 0 fully saturated rings. The summed E-state index contributed by atoms with van der Waals surface area (Å²) in [5.41, 5.74) is 0.959. The normalized spacial score (nSPS) is 10.3. The van der Waals surface area contributed by atoms with Crippen LogP contribution >= 0.6 is 35.5 Å². The molecule has 0 atom stereocenters. The lowest BCUT2D eigenvalue weighted by Gasteiger charge is -2.12. The van der Waals surface area contributed by atoms with Gasteiger partial charge in [0.25, 0.3) is 0 Å². The summed E-state index contributed by atoms with van der Waals surface area (Å²) in [6, 6.07) is 11.5. The van der Waals surface area contributed by atoms with Crippen molar-refractivity contribution in [1.29, 1.82) is 0 Å². The molecule has 0 spiro atoms. The predicted molar refractivity (Wildman–Crippen MR) is 112 cm³/mol. The maximum absolute atomic E-state index is 6.05. The van der Waals surface area contributed by atoms with Gasteiger partial charge in [-0.25, -0.2) is 9.97 Å². The number of ether oxygens (including phenoxy) is 1. The topological polar surface area (TPSA) is 86.0 Å². The van der Waals surface area contributed by atoms with Gasteiger partial charge in [0.1, 0.15) is 5.75 Å². The van der Waals surface area contributed by atoms with Crippen LogP contribution in [0.5, 0.6) is 11.5 Å². The number of hydrogen-bond acceptors (Lipinski definition) is 9. The van der Waals surface area contributed by atoms with Crippen molar-refractivity contribution in [2.75, 3.05) is 5.32 Å². The van der Waals surface area contributed by atoms with Gasteiger partial charge in [0.05, 0.1) is 11.4 Å². The molecule has 1 aromatic carbocycles. The molecule has 3 aromatic heterocycles. The first-order valence-corrected chi connectivity index (χ1v) is 9.93. The van der Waals surface area contributed by atoms with Crippen LogP contribution in [-0.4, -0.2) is 20.1 Å². The van der Waals surface area contributed by atoms with Gasteiger partial charge in [-0.2, -0.15) is 4.98 Å². The lowest BCUT2D eigenvalue weighted by molar-refractivity contribution is 0.412. The summed E-state index contributed by atoms with van der Waals surface area (Å²) in [5, 5.41) is 9.80. The van der Waals surface area contributed by atoms with Crippen LogP contribution in [0.1, 0.15) is 11.5 Å². The van der Waals surface area contributed by atoms with E-state index in [9.17, 15) is 0 Å². The Kier molecular flexibility index (Phi) is 6.85. The van der Waals surface area contributed by atoms with E-state index >= 15 is 0 Å². The fourth-order valence-corrected chi connectivity index (χ4v) is 3.64. The average Bonchev–Trinajstić information content (AvgIpc) is 3.34. The van der Waals surface area contributed by atoms with Crippen LogP contribution in [0.4, 0.5) is 10.9 Å². The number of hydrogen-bond donors (Lipinski definition) is 1. The predicted octanol–water partition coefficient (Wildman–Crippen LogP) is 5.48. The van der Waals surface area contributed by atoms with Gasteiger partial charge in [0, 0.05) is 16.5 Å². The standard InChI is InChI=1S/C18H15N5O2S2.ClH/c1-12-9-27-18(21-12)22-17-15(25-13-5-3-2-4-6-13)7-14(8-19-17)26-10-16-20-11-24-23-16;/h2-9,11H,10H2,1H3,(H,19,21,22);1H. The van der Waals surface area contributed by atoms with Crippen molar-refractivity contribution in [2.45, 2.75) is 17.6 Å². The van der Waals surface area contributed by atoms with Crippen molar-refractivity contribution in [2.24, 2.45) is 0 Å². The van der Waals surface area contributed by atoms with E-state index in [1.807, 2.05) is 48.7 Å². The minimum Gasteiger partial charge on any atom is -0.453 e. The molecular formula is C18H16ClN5O2S2. The van der Waals surface area contributed by atoms with Crippen molar-refractivity contribution in [1.82, 2.24) is 20.1 Å². The molecule has 4 rings (SSSR count). The third-order valence-electron chi connectivity index (χ3n) is 3.42. The fraction of sp³-hybridized carbons (Fsp3) is 0.111. The number of rotatable bonds is 7. The van der Waals surface area contributed by atoms with E-state index in [0.717, 1.165) is 21.5 Å². The zero-order chi connectivity index (χ0) is 18.5. The second-order valence-corrected chi connectivity index (χ2v) is 7.39. The number of aromatic nitrogens is 4. The van der Waals surface area contributed by atoms with Gasteiger partial charge >= 0.3 is 0 Å². The Hall–Kier alpha value is -2.62. The number of pyridine rings is 1. The van der Waals surface area contributed by atoms with E-state index in [1.165, 1.54) is 17.7 Å². The highest BCUT2D eigenvalue weighted by Gasteiger charge is 2.12. The van der Waals surface area contributed by atoms with E-state index in [0.29, 0.717) is 23.1 Å². The molecule has 7 nitrogen and oxygen atoms in total. The largest absolute Gasteiger partial charge is 0.453 e. The summed E-state index contributed by atoms with van der Waals surface area (Å²) in [5.74, 6) is 3.18. The first kappa shape index (κ1) is 20.1. The van der Waals surface area contributed by atoms with E-state index in [4.69, 9.17) is 9.26 Å². The molecule has 0 aliphatic heterocycles. The molecule has 0 amide bonds. The second-order valence-electron chi connectivity index (χ2n) is 5.49. The number of para-hydroxylation sites is 1. The summed E-state index contributed by atoms with van der Waals surface area (Å²) < 4.78 is 10.8. The quantitative estimate of drug-likeness (QED) is 0.383. The number of aryl methyl sites for hydroxylation is 1. The minimum absolute atomic E-state index is 0. The smallest absolute Gasteiger partial charge is 0.213 e. The number of thiazole rings is 1.